The predicted octanol–water partition coefficient (Wildman–Crippen LogP) is 2.48. The number of benzene rings is 1. The maximum absolute atomic E-state index is 5.43. The summed E-state index contributed by atoms with van der Waals surface area (Å²) in [5, 5.41) is 0. The minimum atomic E-state index is 0.774. The van der Waals surface area contributed by atoms with Gasteiger partial charge in [0.1, 0.15) is 5.75 Å². The van der Waals surface area contributed by atoms with Gasteiger partial charge in [-0.1, -0.05) is 24.8 Å². The summed E-state index contributed by atoms with van der Waals surface area (Å²) in [5.41, 5.74) is 2.35. The summed E-state index contributed by atoms with van der Waals surface area (Å²) in [4.78, 5) is 0. The number of ether oxygens (including phenoxy) is 1. The fraction of sp³-hybridized carbons (Fsp3) is 0.200. The molecule has 0 aromatic heterocycles. The zero-order chi connectivity index (χ0) is 7.68. The molecule has 0 saturated heterocycles. The van der Waals surface area contributed by atoms with Crippen molar-refractivity contribution in [1.82, 2.24) is 0 Å². The molecule has 1 aromatic carbocycles. The van der Waals surface area contributed by atoms with Gasteiger partial charge in [0.05, 0.1) is 6.61 Å². The Hall–Kier alpha value is -1.24. The van der Waals surface area contributed by atoms with Crippen LogP contribution in [-0.4, -0.2) is 6.61 Å². The van der Waals surface area contributed by atoms with Crippen molar-refractivity contribution < 1.29 is 4.74 Å². The maximum atomic E-state index is 5.43. The Labute approximate surface area is 66.3 Å². The Balaban J connectivity index is 2.52. The van der Waals surface area contributed by atoms with Crippen LogP contribution in [0.1, 0.15) is 12.0 Å². The van der Waals surface area contributed by atoms with Gasteiger partial charge in [0, 0.05) is 12.0 Å². The third kappa shape index (κ3) is 1.03. The van der Waals surface area contributed by atoms with Gasteiger partial charge in [-0.2, -0.15) is 0 Å². The Morgan fingerprint density at radius 2 is 2.09 bits per heavy atom. The molecule has 1 nitrogen and oxygen atoms in total. The van der Waals surface area contributed by atoms with E-state index in [2.05, 4.69) is 12.6 Å². The summed E-state index contributed by atoms with van der Waals surface area (Å²) in [6.07, 6.45) is 0.955. The topological polar surface area (TPSA) is 9.23 Å². The highest BCUT2D eigenvalue weighted by Crippen LogP contribution is 2.30. The Morgan fingerprint density at radius 3 is 2.91 bits per heavy atom. The standard InChI is InChI=1S/C10H10O/c1-8-6-7-11-10-5-3-2-4-9(8)10/h2-5H,1,6-7H2. The minimum Gasteiger partial charge on any atom is -0.493 e. The van der Waals surface area contributed by atoms with Crippen molar-refractivity contribution in [3.63, 3.8) is 0 Å². The smallest absolute Gasteiger partial charge is 0.126 e. The quantitative estimate of drug-likeness (QED) is 0.546. The maximum Gasteiger partial charge on any atom is 0.126 e. The van der Waals surface area contributed by atoms with E-state index in [0.29, 0.717) is 0 Å². The molecule has 0 aliphatic carbocycles. The summed E-state index contributed by atoms with van der Waals surface area (Å²) < 4.78 is 5.43. The lowest BCUT2D eigenvalue weighted by atomic mass is 10.0. The molecular weight excluding hydrogens is 136 g/mol. The second-order valence-corrected chi connectivity index (χ2v) is 2.70. The molecule has 1 aliphatic heterocycles. The van der Waals surface area contributed by atoms with Crippen molar-refractivity contribution in [1.29, 1.82) is 0 Å². The first-order valence-corrected chi connectivity index (χ1v) is 3.78. The fourth-order valence-corrected chi connectivity index (χ4v) is 1.30. The van der Waals surface area contributed by atoms with Crippen LogP contribution in [0.4, 0.5) is 0 Å². The van der Waals surface area contributed by atoms with Gasteiger partial charge >= 0.3 is 0 Å². The molecule has 2 rings (SSSR count). The molecular formula is C10H10O. The van der Waals surface area contributed by atoms with Crippen molar-refractivity contribution in [2.45, 2.75) is 6.42 Å². The molecule has 1 aromatic rings. The zero-order valence-electron chi connectivity index (χ0n) is 6.34. The highest BCUT2D eigenvalue weighted by atomic mass is 16.5. The molecule has 0 atom stereocenters. The van der Waals surface area contributed by atoms with Gasteiger partial charge in [-0.15, -0.1) is 0 Å². The lowest BCUT2D eigenvalue weighted by Gasteiger charge is -2.18. The largest absolute Gasteiger partial charge is 0.493 e. The summed E-state index contributed by atoms with van der Waals surface area (Å²) >= 11 is 0. The Kier molecular flexibility index (Phi) is 1.42. The third-order valence-electron chi connectivity index (χ3n) is 1.93. The lowest BCUT2D eigenvalue weighted by molar-refractivity contribution is 0.316. The van der Waals surface area contributed by atoms with Crippen LogP contribution in [0.25, 0.3) is 5.57 Å². The van der Waals surface area contributed by atoms with Crippen molar-refractivity contribution in [3.05, 3.63) is 36.4 Å². The van der Waals surface area contributed by atoms with Gasteiger partial charge in [0.2, 0.25) is 0 Å². The van der Waals surface area contributed by atoms with Crippen LogP contribution >= 0.6 is 0 Å². The average Bonchev–Trinajstić information content (AvgIpc) is 2.06. The molecule has 0 amide bonds. The molecule has 0 radical (unpaired) electrons. The fourth-order valence-electron chi connectivity index (χ4n) is 1.30. The molecule has 0 saturated carbocycles. The molecule has 0 N–H and O–H groups in total. The second-order valence-electron chi connectivity index (χ2n) is 2.70. The van der Waals surface area contributed by atoms with Gasteiger partial charge in [-0.05, 0) is 11.6 Å². The average molecular weight is 146 g/mol. The van der Waals surface area contributed by atoms with E-state index in [1.807, 2.05) is 18.2 Å². The minimum absolute atomic E-state index is 0.774. The van der Waals surface area contributed by atoms with Crippen molar-refractivity contribution >= 4 is 5.57 Å². The SMILES string of the molecule is C=C1CCOc2ccccc21. The van der Waals surface area contributed by atoms with Crippen LogP contribution < -0.4 is 4.74 Å². The summed E-state index contributed by atoms with van der Waals surface area (Å²) in [7, 11) is 0. The van der Waals surface area contributed by atoms with Crippen LogP contribution in [0.5, 0.6) is 5.75 Å². The lowest BCUT2D eigenvalue weighted by Crippen LogP contribution is -2.06. The van der Waals surface area contributed by atoms with E-state index >= 15 is 0 Å². The Bertz CT molecular complexity index is 289. The first kappa shape index (κ1) is 6.47. The van der Waals surface area contributed by atoms with E-state index in [-0.39, 0.29) is 0 Å². The van der Waals surface area contributed by atoms with Crippen LogP contribution in [0, 0.1) is 0 Å². The van der Waals surface area contributed by atoms with E-state index in [9.17, 15) is 0 Å². The van der Waals surface area contributed by atoms with Crippen LogP contribution in [0.15, 0.2) is 30.8 Å². The highest BCUT2D eigenvalue weighted by Gasteiger charge is 2.11. The molecule has 1 aliphatic rings. The number of hydrogen-bond acceptors (Lipinski definition) is 1. The first-order chi connectivity index (χ1) is 5.38. The van der Waals surface area contributed by atoms with E-state index in [0.717, 1.165) is 18.8 Å². The van der Waals surface area contributed by atoms with Gasteiger partial charge in [0.25, 0.3) is 0 Å². The summed E-state index contributed by atoms with van der Waals surface area (Å²) in [6, 6.07) is 8.03. The van der Waals surface area contributed by atoms with Gasteiger partial charge in [0.15, 0.2) is 0 Å². The molecule has 0 bridgehead atoms. The number of para-hydroxylation sites is 1. The van der Waals surface area contributed by atoms with Crippen LogP contribution in [-0.2, 0) is 0 Å². The van der Waals surface area contributed by atoms with E-state index < -0.39 is 0 Å². The predicted molar refractivity (Wildman–Crippen MR) is 45.6 cm³/mol. The molecule has 0 spiro atoms. The van der Waals surface area contributed by atoms with Gasteiger partial charge in [-0.25, -0.2) is 0 Å². The molecule has 11 heavy (non-hydrogen) atoms. The first-order valence-electron chi connectivity index (χ1n) is 3.78. The van der Waals surface area contributed by atoms with Crippen molar-refractivity contribution in [2.24, 2.45) is 0 Å². The molecule has 0 fully saturated rings. The van der Waals surface area contributed by atoms with E-state index in [1.54, 1.807) is 0 Å². The monoisotopic (exact) mass is 146 g/mol. The molecule has 1 heteroatoms. The van der Waals surface area contributed by atoms with E-state index in [1.165, 1.54) is 11.1 Å². The number of fused-ring (bicyclic) bond motifs is 1. The number of rotatable bonds is 0. The van der Waals surface area contributed by atoms with Crippen molar-refractivity contribution in [2.75, 3.05) is 6.61 Å². The van der Waals surface area contributed by atoms with Crippen LogP contribution in [0.2, 0.25) is 0 Å². The van der Waals surface area contributed by atoms with E-state index in [4.69, 9.17) is 4.74 Å². The normalized spacial score (nSPS) is 15.5. The molecule has 0 unspecified atom stereocenters. The van der Waals surface area contributed by atoms with Gasteiger partial charge < -0.3 is 4.74 Å². The third-order valence-corrected chi connectivity index (χ3v) is 1.93. The molecule has 56 valence electrons. The summed E-state index contributed by atoms with van der Waals surface area (Å²) in [6.45, 7) is 4.75. The van der Waals surface area contributed by atoms with Crippen LogP contribution in [0.3, 0.4) is 0 Å². The highest BCUT2D eigenvalue weighted by molar-refractivity contribution is 5.69. The zero-order valence-corrected chi connectivity index (χ0v) is 6.34. The number of hydrogen-bond donors (Lipinski definition) is 0. The van der Waals surface area contributed by atoms with Gasteiger partial charge in [-0.3, -0.25) is 0 Å². The summed E-state index contributed by atoms with van der Waals surface area (Å²) in [5.74, 6) is 0.976. The molecule has 1 heterocycles. The van der Waals surface area contributed by atoms with Crippen molar-refractivity contribution in [3.8, 4) is 5.75 Å². The Morgan fingerprint density at radius 1 is 1.27 bits per heavy atom. The second kappa shape index (κ2) is 2.42.